The monoisotopic (exact) mass is 384 g/mol. The number of carbonyl (C=O) groups is 2. The summed E-state index contributed by atoms with van der Waals surface area (Å²) in [5.74, 6) is -0.846. The molecule has 0 aliphatic heterocycles. The largest absolute Gasteiger partial charge is 0.503 e. The second-order valence-corrected chi connectivity index (χ2v) is 5.71. The van der Waals surface area contributed by atoms with Crippen molar-refractivity contribution in [2.24, 2.45) is 5.73 Å². The molecule has 9 heteroatoms. The van der Waals surface area contributed by atoms with E-state index in [2.05, 4.69) is 0 Å². The van der Waals surface area contributed by atoms with Crippen molar-refractivity contribution in [1.82, 2.24) is 4.57 Å². The summed E-state index contributed by atoms with van der Waals surface area (Å²) in [5.41, 5.74) is 5.35. The van der Waals surface area contributed by atoms with Gasteiger partial charge in [0.1, 0.15) is 12.4 Å². The van der Waals surface area contributed by atoms with Crippen LogP contribution in [0.15, 0.2) is 17.1 Å². The second kappa shape index (κ2) is 13.0. The minimum absolute atomic E-state index is 0.0272. The topological polar surface area (TPSA) is 130 Å². The number of hydrogen-bond acceptors (Lipinski definition) is 8. The van der Waals surface area contributed by atoms with Gasteiger partial charge in [-0.2, -0.15) is 0 Å². The number of esters is 1. The number of aromatic hydroxyl groups is 1. The lowest BCUT2D eigenvalue weighted by Gasteiger charge is -2.13. The van der Waals surface area contributed by atoms with E-state index in [9.17, 15) is 19.5 Å². The molecule has 0 fully saturated rings. The fourth-order valence-corrected chi connectivity index (χ4v) is 2.30. The van der Waals surface area contributed by atoms with Gasteiger partial charge >= 0.3 is 5.97 Å². The van der Waals surface area contributed by atoms with Crippen LogP contribution in [-0.2, 0) is 36.8 Å². The minimum atomic E-state index is -0.451. The van der Waals surface area contributed by atoms with Gasteiger partial charge in [-0.05, 0) is 6.42 Å². The van der Waals surface area contributed by atoms with Crippen LogP contribution >= 0.6 is 0 Å². The molecule has 0 aliphatic carbocycles. The molecule has 0 aromatic carbocycles. The third-order valence-electron chi connectivity index (χ3n) is 3.77. The van der Waals surface area contributed by atoms with Gasteiger partial charge in [0.2, 0.25) is 5.43 Å². The van der Waals surface area contributed by atoms with Crippen molar-refractivity contribution in [3.63, 3.8) is 0 Å². The third kappa shape index (κ3) is 8.80. The Morgan fingerprint density at radius 2 is 1.78 bits per heavy atom. The van der Waals surface area contributed by atoms with Crippen molar-refractivity contribution in [1.29, 1.82) is 0 Å². The van der Waals surface area contributed by atoms with E-state index in [0.717, 1.165) is 0 Å². The summed E-state index contributed by atoms with van der Waals surface area (Å²) in [6.45, 7) is 3.78. The van der Waals surface area contributed by atoms with Crippen LogP contribution in [0.1, 0.15) is 25.5 Å². The van der Waals surface area contributed by atoms with Gasteiger partial charge in [0, 0.05) is 25.2 Å². The lowest BCUT2D eigenvalue weighted by atomic mass is 10.2. The Morgan fingerprint density at radius 3 is 2.44 bits per heavy atom. The van der Waals surface area contributed by atoms with E-state index in [1.165, 1.54) is 6.07 Å². The molecule has 0 unspecified atom stereocenters. The molecule has 0 aliphatic rings. The molecule has 0 saturated heterocycles. The molecule has 0 radical (unpaired) electrons. The Bertz CT molecular complexity index is 658. The van der Waals surface area contributed by atoms with Gasteiger partial charge in [-0.1, -0.05) is 6.92 Å². The van der Waals surface area contributed by atoms with E-state index in [0.29, 0.717) is 38.5 Å². The number of rotatable bonds is 14. The lowest BCUT2D eigenvalue weighted by molar-refractivity contribution is -0.146. The summed E-state index contributed by atoms with van der Waals surface area (Å²) < 4.78 is 17.4. The molecule has 0 saturated carbocycles. The highest BCUT2D eigenvalue weighted by molar-refractivity contribution is 5.84. The zero-order chi connectivity index (χ0) is 20.1. The predicted molar refractivity (Wildman–Crippen MR) is 97.6 cm³/mol. The minimum Gasteiger partial charge on any atom is -0.503 e. The van der Waals surface area contributed by atoms with E-state index < -0.39 is 5.97 Å². The Labute approximate surface area is 158 Å². The van der Waals surface area contributed by atoms with Crippen molar-refractivity contribution in [2.75, 3.05) is 39.6 Å². The molecule has 0 bridgehead atoms. The molecule has 1 rings (SSSR count). The molecule has 27 heavy (non-hydrogen) atoms. The molecule has 1 aromatic rings. The van der Waals surface area contributed by atoms with E-state index in [1.54, 1.807) is 10.8 Å². The Balaban J connectivity index is 2.07. The number of aromatic nitrogens is 1. The standard InChI is InChI=1S/C18H28N2O7/c1-2-15-18(24)16(22)5-6-20(15)7-8-25-9-10-26-11-12-27-17(23)4-3-14(21)13-19/h5-6,24H,2-4,7-13,19H2,1H3. The number of hydrogen-bond donors (Lipinski definition) is 2. The van der Waals surface area contributed by atoms with Gasteiger partial charge < -0.3 is 29.6 Å². The molecule has 1 aromatic heterocycles. The highest BCUT2D eigenvalue weighted by Gasteiger charge is 2.08. The van der Waals surface area contributed by atoms with E-state index in [4.69, 9.17) is 19.9 Å². The predicted octanol–water partition coefficient (Wildman–Crippen LogP) is 0.000700. The van der Waals surface area contributed by atoms with Crippen LogP contribution in [0.5, 0.6) is 5.75 Å². The normalized spacial score (nSPS) is 10.7. The Hall–Kier alpha value is -2.23. The first-order valence-electron chi connectivity index (χ1n) is 8.93. The van der Waals surface area contributed by atoms with Crippen LogP contribution in [0.4, 0.5) is 0 Å². The zero-order valence-corrected chi connectivity index (χ0v) is 15.6. The first kappa shape index (κ1) is 22.8. The molecular formula is C18H28N2O7. The summed E-state index contributed by atoms with van der Waals surface area (Å²) in [7, 11) is 0. The number of nitrogens with two attached hydrogens (primary N) is 1. The summed E-state index contributed by atoms with van der Waals surface area (Å²) in [5, 5.41) is 9.76. The number of nitrogens with zero attached hydrogens (tertiary/aromatic N) is 1. The van der Waals surface area contributed by atoms with E-state index >= 15 is 0 Å². The maximum atomic E-state index is 11.4. The number of ether oxygens (including phenoxy) is 3. The van der Waals surface area contributed by atoms with Crippen LogP contribution in [0.3, 0.4) is 0 Å². The number of carbonyl (C=O) groups excluding carboxylic acids is 2. The third-order valence-corrected chi connectivity index (χ3v) is 3.77. The molecule has 0 amide bonds. The fourth-order valence-electron chi connectivity index (χ4n) is 2.30. The molecule has 0 spiro atoms. The van der Waals surface area contributed by atoms with Crippen LogP contribution in [-0.4, -0.2) is 61.0 Å². The van der Waals surface area contributed by atoms with Gasteiger partial charge in [-0.15, -0.1) is 0 Å². The van der Waals surface area contributed by atoms with Gasteiger partial charge in [-0.25, -0.2) is 0 Å². The molecule has 3 N–H and O–H groups in total. The maximum absolute atomic E-state index is 11.4. The SMILES string of the molecule is CCc1c(O)c(=O)ccn1CCOCCOCCOC(=O)CCC(=O)CN. The van der Waals surface area contributed by atoms with Crippen LogP contribution in [0, 0.1) is 0 Å². The smallest absolute Gasteiger partial charge is 0.306 e. The van der Waals surface area contributed by atoms with Crippen LogP contribution in [0.2, 0.25) is 0 Å². The summed E-state index contributed by atoms with van der Waals surface area (Å²) in [6.07, 6.45) is 2.30. The molecule has 152 valence electrons. The first-order valence-corrected chi connectivity index (χ1v) is 8.93. The quantitative estimate of drug-likeness (QED) is 0.339. The molecular weight excluding hydrogens is 356 g/mol. The second-order valence-electron chi connectivity index (χ2n) is 5.71. The molecule has 9 nitrogen and oxygen atoms in total. The van der Waals surface area contributed by atoms with Crippen molar-refractivity contribution in [2.45, 2.75) is 32.7 Å². The average molecular weight is 384 g/mol. The highest BCUT2D eigenvalue weighted by Crippen LogP contribution is 2.11. The number of Topliss-reactive ketones (excluding diaryl/α,β-unsaturated/α-hetero) is 1. The highest BCUT2D eigenvalue weighted by atomic mass is 16.6. The lowest BCUT2D eigenvalue weighted by Crippen LogP contribution is -2.17. The Kier molecular flexibility index (Phi) is 11.0. The summed E-state index contributed by atoms with van der Waals surface area (Å²) in [6, 6.07) is 1.32. The van der Waals surface area contributed by atoms with Crippen molar-refractivity contribution in [3.8, 4) is 5.75 Å². The average Bonchev–Trinajstić information content (AvgIpc) is 2.67. The molecule has 0 atom stereocenters. The van der Waals surface area contributed by atoms with Gasteiger partial charge in [-0.3, -0.25) is 14.4 Å². The summed E-state index contributed by atoms with van der Waals surface area (Å²) >= 11 is 0. The van der Waals surface area contributed by atoms with E-state index in [1.807, 2.05) is 6.92 Å². The Morgan fingerprint density at radius 1 is 1.11 bits per heavy atom. The van der Waals surface area contributed by atoms with Crippen molar-refractivity contribution < 1.29 is 28.9 Å². The van der Waals surface area contributed by atoms with Crippen LogP contribution < -0.4 is 11.2 Å². The zero-order valence-electron chi connectivity index (χ0n) is 15.6. The maximum Gasteiger partial charge on any atom is 0.306 e. The first-order chi connectivity index (χ1) is 13.0. The van der Waals surface area contributed by atoms with Crippen LogP contribution in [0.25, 0.3) is 0 Å². The van der Waals surface area contributed by atoms with Gasteiger partial charge in [0.25, 0.3) is 0 Å². The van der Waals surface area contributed by atoms with Gasteiger partial charge in [0.15, 0.2) is 5.75 Å². The summed E-state index contributed by atoms with van der Waals surface area (Å²) in [4.78, 5) is 33.7. The van der Waals surface area contributed by atoms with Crippen molar-refractivity contribution >= 4 is 11.8 Å². The van der Waals surface area contributed by atoms with Gasteiger partial charge in [0.05, 0.1) is 45.1 Å². The van der Waals surface area contributed by atoms with E-state index in [-0.39, 0.29) is 49.6 Å². The molecule has 1 heterocycles. The number of pyridine rings is 1. The van der Waals surface area contributed by atoms with Crippen molar-refractivity contribution in [3.05, 3.63) is 28.2 Å². The fraction of sp³-hybridized carbons (Fsp3) is 0.611. The number of ketones is 1.